The van der Waals surface area contributed by atoms with Crippen molar-refractivity contribution in [2.45, 2.75) is 6.92 Å². The van der Waals surface area contributed by atoms with Crippen LogP contribution in [0.5, 0.6) is 5.75 Å². The lowest BCUT2D eigenvalue weighted by Gasteiger charge is -2.11. The fourth-order valence-corrected chi connectivity index (χ4v) is 2.59. The predicted octanol–water partition coefficient (Wildman–Crippen LogP) is 4.05. The molecule has 0 fully saturated rings. The molecule has 0 amide bonds. The van der Waals surface area contributed by atoms with Crippen LogP contribution in [0.15, 0.2) is 60.7 Å². The summed E-state index contributed by atoms with van der Waals surface area (Å²) in [6.07, 6.45) is 0. The normalized spacial score (nSPS) is 10.6. The molecule has 110 valence electrons. The third-order valence-electron chi connectivity index (χ3n) is 3.58. The molecule has 22 heavy (non-hydrogen) atoms. The monoisotopic (exact) mass is 291 g/mol. The number of ketones is 1. The average Bonchev–Trinajstić information content (AvgIpc) is 2.55. The first-order valence-electron chi connectivity index (χ1n) is 7.25. The van der Waals surface area contributed by atoms with E-state index in [1.165, 1.54) is 0 Å². The Balaban J connectivity index is 2.15. The third-order valence-corrected chi connectivity index (χ3v) is 3.58. The summed E-state index contributed by atoms with van der Waals surface area (Å²) >= 11 is 0. The zero-order chi connectivity index (χ0) is 15.5. The Bertz CT molecular complexity index is 840. The van der Waals surface area contributed by atoms with Crippen LogP contribution in [-0.2, 0) is 0 Å². The minimum absolute atomic E-state index is 0.0356. The maximum Gasteiger partial charge on any atom is 0.193 e. The number of carbonyl (C=O) groups is 1. The third kappa shape index (κ3) is 2.53. The fourth-order valence-electron chi connectivity index (χ4n) is 2.59. The number of anilines is 1. The molecule has 0 saturated heterocycles. The molecule has 0 aliphatic rings. The molecular formula is C19H17NO2. The molecule has 0 saturated carbocycles. The van der Waals surface area contributed by atoms with Gasteiger partial charge in [-0.05, 0) is 36.6 Å². The number of nitrogens with two attached hydrogens (primary N) is 1. The summed E-state index contributed by atoms with van der Waals surface area (Å²) < 4.78 is 5.65. The highest BCUT2D eigenvalue weighted by molar-refractivity contribution is 6.17. The number of fused-ring (bicyclic) bond motifs is 1. The van der Waals surface area contributed by atoms with E-state index in [-0.39, 0.29) is 5.78 Å². The minimum Gasteiger partial charge on any atom is -0.493 e. The van der Waals surface area contributed by atoms with Gasteiger partial charge in [-0.2, -0.15) is 0 Å². The Hall–Kier alpha value is -2.81. The molecule has 2 N–H and O–H groups in total. The van der Waals surface area contributed by atoms with E-state index in [4.69, 9.17) is 10.5 Å². The molecule has 3 heteroatoms. The van der Waals surface area contributed by atoms with Crippen LogP contribution in [0, 0.1) is 0 Å². The molecule has 0 radical (unpaired) electrons. The maximum atomic E-state index is 12.8. The van der Waals surface area contributed by atoms with Crippen LogP contribution in [0.2, 0.25) is 0 Å². The van der Waals surface area contributed by atoms with E-state index in [1.807, 2.05) is 43.3 Å². The van der Waals surface area contributed by atoms with E-state index in [0.717, 1.165) is 16.5 Å². The summed E-state index contributed by atoms with van der Waals surface area (Å²) in [6, 6.07) is 18.5. The smallest absolute Gasteiger partial charge is 0.193 e. The number of benzene rings is 3. The van der Waals surface area contributed by atoms with Crippen molar-refractivity contribution in [1.29, 1.82) is 0 Å². The molecule has 3 rings (SSSR count). The lowest BCUT2D eigenvalue weighted by molar-refractivity contribution is 0.104. The zero-order valence-electron chi connectivity index (χ0n) is 12.4. The predicted molar refractivity (Wildman–Crippen MR) is 89.4 cm³/mol. The number of hydrogen-bond donors (Lipinski definition) is 1. The molecular weight excluding hydrogens is 274 g/mol. The van der Waals surface area contributed by atoms with Gasteiger partial charge in [0.25, 0.3) is 0 Å². The van der Waals surface area contributed by atoms with E-state index < -0.39 is 0 Å². The number of hydrogen-bond acceptors (Lipinski definition) is 3. The summed E-state index contributed by atoms with van der Waals surface area (Å²) in [5.74, 6) is 0.758. The zero-order valence-corrected chi connectivity index (χ0v) is 12.4. The first kappa shape index (κ1) is 14.1. The molecule has 0 aliphatic carbocycles. The molecule has 3 aromatic rings. The second-order valence-corrected chi connectivity index (χ2v) is 5.04. The highest BCUT2D eigenvalue weighted by atomic mass is 16.5. The summed E-state index contributed by atoms with van der Waals surface area (Å²) in [5, 5.41) is 1.83. The maximum absolute atomic E-state index is 12.8. The second-order valence-electron chi connectivity index (χ2n) is 5.04. The van der Waals surface area contributed by atoms with Crippen molar-refractivity contribution in [2.75, 3.05) is 12.3 Å². The topological polar surface area (TPSA) is 52.3 Å². The van der Waals surface area contributed by atoms with Crippen molar-refractivity contribution in [2.24, 2.45) is 0 Å². The van der Waals surface area contributed by atoms with Gasteiger partial charge in [0.1, 0.15) is 5.75 Å². The van der Waals surface area contributed by atoms with E-state index in [9.17, 15) is 4.79 Å². The van der Waals surface area contributed by atoms with Gasteiger partial charge in [0.15, 0.2) is 5.78 Å². The lowest BCUT2D eigenvalue weighted by atomic mass is 9.96. The molecule has 0 heterocycles. The fraction of sp³-hybridized carbons (Fsp3) is 0.105. The molecule has 0 unspecified atom stereocenters. The van der Waals surface area contributed by atoms with Crippen molar-refractivity contribution >= 4 is 22.2 Å². The largest absolute Gasteiger partial charge is 0.493 e. The van der Waals surface area contributed by atoms with Gasteiger partial charge in [-0.15, -0.1) is 0 Å². The summed E-state index contributed by atoms with van der Waals surface area (Å²) in [7, 11) is 0. The Morgan fingerprint density at radius 1 is 1.00 bits per heavy atom. The Kier molecular flexibility index (Phi) is 3.79. The van der Waals surface area contributed by atoms with Crippen molar-refractivity contribution in [3.05, 3.63) is 71.8 Å². The number of ether oxygens (including phenoxy) is 1. The van der Waals surface area contributed by atoms with Gasteiger partial charge in [-0.25, -0.2) is 0 Å². The van der Waals surface area contributed by atoms with Gasteiger partial charge < -0.3 is 10.5 Å². The van der Waals surface area contributed by atoms with Crippen LogP contribution in [0.1, 0.15) is 22.8 Å². The van der Waals surface area contributed by atoms with Crippen LogP contribution < -0.4 is 10.5 Å². The van der Waals surface area contributed by atoms with Gasteiger partial charge in [-0.3, -0.25) is 4.79 Å². The molecule has 0 aromatic heterocycles. The Labute approximate surface area is 129 Å². The van der Waals surface area contributed by atoms with Crippen molar-refractivity contribution in [1.82, 2.24) is 0 Å². The van der Waals surface area contributed by atoms with Gasteiger partial charge in [0.2, 0.25) is 0 Å². The van der Waals surface area contributed by atoms with Crippen molar-refractivity contribution in [3.8, 4) is 5.75 Å². The van der Waals surface area contributed by atoms with Crippen LogP contribution in [0.25, 0.3) is 10.8 Å². The van der Waals surface area contributed by atoms with Crippen LogP contribution in [0.4, 0.5) is 5.69 Å². The van der Waals surface area contributed by atoms with Gasteiger partial charge in [0, 0.05) is 22.2 Å². The molecule has 0 bridgehead atoms. The molecule has 0 atom stereocenters. The Morgan fingerprint density at radius 3 is 2.50 bits per heavy atom. The Morgan fingerprint density at radius 2 is 1.77 bits per heavy atom. The van der Waals surface area contributed by atoms with Gasteiger partial charge >= 0.3 is 0 Å². The SMILES string of the molecule is CCOc1ccc(C(=O)c2cccc(N)c2)c2ccccc12. The van der Waals surface area contributed by atoms with Crippen LogP contribution in [0.3, 0.4) is 0 Å². The van der Waals surface area contributed by atoms with Crippen LogP contribution >= 0.6 is 0 Å². The first-order chi connectivity index (χ1) is 10.7. The average molecular weight is 291 g/mol. The number of rotatable bonds is 4. The van der Waals surface area contributed by atoms with Gasteiger partial charge in [-0.1, -0.05) is 36.4 Å². The summed E-state index contributed by atoms with van der Waals surface area (Å²) in [5.41, 5.74) is 7.61. The van der Waals surface area contributed by atoms with Crippen molar-refractivity contribution < 1.29 is 9.53 Å². The summed E-state index contributed by atoms with van der Waals surface area (Å²) in [4.78, 5) is 12.8. The standard InChI is InChI=1S/C19H17NO2/c1-2-22-18-11-10-17(15-8-3-4-9-16(15)18)19(21)13-6-5-7-14(20)12-13/h3-12H,2,20H2,1H3. The number of nitrogen functional groups attached to an aromatic ring is 1. The highest BCUT2D eigenvalue weighted by Crippen LogP contribution is 2.30. The number of carbonyl (C=O) groups excluding carboxylic acids is 1. The lowest BCUT2D eigenvalue weighted by Crippen LogP contribution is -2.04. The van der Waals surface area contributed by atoms with Gasteiger partial charge in [0.05, 0.1) is 6.61 Å². The molecule has 3 nitrogen and oxygen atoms in total. The quantitative estimate of drug-likeness (QED) is 0.582. The van der Waals surface area contributed by atoms with E-state index in [1.54, 1.807) is 24.3 Å². The minimum atomic E-state index is -0.0356. The van der Waals surface area contributed by atoms with E-state index in [2.05, 4.69) is 0 Å². The van der Waals surface area contributed by atoms with Crippen molar-refractivity contribution in [3.63, 3.8) is 0 Å². The van der Waals surface area contributed by atoms with E-state index in [0.29, 0.717) is 23.4 Å². The second kappa shape index (κ2) is 5.90. The molecule has 3 aromatic carbocycles. The molecule has 0 aliphatic heterocycles. The van der Waals surface area contributed by atoms with Crippen LogP contribution in [-0.4, -0.2) is 12.4 Å². The molecule has 0 spiro atoms. The van der Waals surface area contributed by atoms with E-state index >= 15 is 0 Å². The first-order valence-corrected chi connectivity index (χ1v) is 7.25. The highest BCUT2D eigenvalue weighted by Gasteiger charge is 2.14. The summed E-state index contributed by atoms with van der Waals surface area (Å²) in [6.45, 7) is 2.53.